The molecule has 0 saturated carbocycles. The van der Waals surface area contributed by atoms with E-state index in [-0.39, 0.29) is 25.7 Å². The summed E-state index contributed by atoms with van der Waals surface area (Å²) < 4.78 is 55.7. The van der Waals surface area contributed by atoms with E-state index in [1.54, 1.807) is 13.8 Å². The maximum atomic E-state index is 13.9. The normalized spacial score (nSPS) is 14.1. The molecule has 0 fully saturated rings. The van der Waals surface area contributed by atoms with Gasteiger partial charge in [-0.3, -0.25) is 9.59 Å². The summed E-state index contributed by atoms with van der Waals surface area (Å²) >= 11 is 0. The molecule has 0 bridgehead atoms. The summed E-state index contributed by atoms with van der Waals surface area (Å²) in [6.45, 7) is 3.32. The number of carbonyl (C=O) groups is 4. The summed E-state index contributed by atoms with van der Waals surface area (Å²) in [4.78, 5) is 45.1. The van der Waals surface area contributed by atoms with Gasteiger partial charge in [0, 0.05) is 0 Å². The quantitative estimate of drug-likeness (QED) is 0.338. The lowest BCUT2D eigenvalue weighted by molar-refractivity contribution is -0.212. The van der Waals surface area contributed by atoms with Gasteiger partial charge in [0.25, 0.3) is 11.8 Å². The number of halogens is 4. The monoisotopic (exact) mass is 416 g/mol. The molecule has 0 spiro atoms. The Morgan fingerprint density at radius 3 is 1.25 bits per heavy atom. The predicted molar refractivity (Wildman–Crippen MR) is 88.1 cm³/mol. The summed E-state index contributed by atoms with van der Waals surface area (Å²) in [5, 5.41) is 20.4. The topological polar surface area (TPSA) is 133 Å². The van der Waals surface area contributed by atoms with Gasteiger partial charge in [-0.25, -0.2) is 9.59 Å². The van der Waals surface area contributed by atoms with E-state index in [0.717, 1.165) is 0 Å². The molecule has 8 nitrogen and oxygen atoms in total. The van der Waals surface area contributed by atoms with Crippen LogP contribution in [0.2, 0.25) is 0 Å². The molecule has 0 aromatic carbocycles. The van der Waals surface area contributed by atoms with E-state index < -0.39 is 47.7 Å². The van der Waals surface area contributed by atoms with Gasteiger partial charge in [-0.05, 0) is 12.8 Å². The smallest absolute Gasteiger partial charge is 0.395 e. The number of hydrogen-bond donors (Lipinski definition) is 4. The van der Waals surface area contributed by atoms with Crippen molar-refractivity contribution in [1.82, 2.24) is 10.6 Å². The molecular formula is C16H24F4N2O6. The van der Waals surface area contributed by atoms with E-state index in [2.05, 4.69) is 0 Å². The zero-order chi connectivity index (χ0) is 22.1. The lowest BCUT2D eigenvalue weighted by Crippen LogP contribution is -2.62. The molecule has 0 aliphatic rings. The standard InChI is InChI=1S/C16H24F4N2O6/c1-3-5-7-9(11(23)24)21-13(27)15(17,18)16(19,20)14(28)22-10(12(25)26)8-6-4-2/h9-10H,3-8H2,1-2H3,(H,21,27)(H,22,28)(H,23,24)(H,25,26). The van der Waals surface area contributed by atoms with Crippen LogP contribution in [-0.2, 0) is 19.2 Å². The van der Waals surface area contributed by atoms with Gasteiger partial charge in [0.15, 0.2) is 0 Å². The number of amides is 2. The number of carboxylic acids is 2. The number of rotatable bonds is 13. The number of carbonyl (C=O) groups excluding carboxylic acids is 2. The van der Waals surface area contributed by atoms with Crippen LogP contribution in [0, 0.1) is 0 Å². The zero-order valence-corrected chi connectivity index (χ0v) is 15.4. The van der Waals surface area contributed by atoms with Crippen LogP contribution in [0.15, 0.2) is 0 Å². The first-order chi connectivity index (χ1) is 12.8. The first-order valence-electron chi connectivity index (χ1n) is 8.66. The molecule has 162 valence electrons. The third-order valence-electron chi connectivity index (χ3n) is 3.86. The minimum absolute atomic E-state index is 0.220. The molecule has 0 aliphatic carbocycles. The van der Waals surface area contributed by atoms with Crippen LogP contribution in [0.25, 0.3) is 0 Å². The second-order valence-corrected chi connectivity index (χ2v) is 6.16. The molecule has 0 aromatic heterocycles. The average Bonchev–Trinajstić information content (AvgIpc) is 2.60. The van der Waals surface area contributed by atoms with Gasteiger partial charge >= 0.3 is 23.8 Å². The number of aliphatic carboxylic acids is 2. The number of unbranched alkanes of at least 4 members (excludes halogenated alkanes) is 2. The maximum Gasteiger partial charge on any atom is 0.395 e. The van der Waals surface area contributed by atoms with Gasteiger partial charge in [0.05, 0.1) is 0 Å². The highest BCUT2D eigenvalue weighted by Gasteiger charge is 2.67. The Hall–Kier alpha value is -2.40. The molecular weight excluding hydrogens is 392 g/mol. The van der Waals surface area contributed by atoms with Crippen molar-refractivity contribution in [3.63, 3.8) is 0 Å². The second-order valence-electron chi connectivity index (χ2n) is 6.16. The summed E-state index contributed by atoms with van der Waals surface area (Å²) in [6.07, 6.45) is 0.813. The fraction of sp³-hybridized carbons (Fsp3) is 0.750. The lowest BCUT2D eigenvalue weighted by Gasteiger charge is -2.27. The van der Waals surface area contributed by atoms with Crippen LogP contribution in [0.1, 0.15) is 52.4 Å². The van der Waals surface area contributed by atoms with Gasteiger partial charge in [-0.1, -0.05) is 39.5 Å². The van der Waals surface area contributed by atoms with E-state index in [1.165, 1.54) is 10.6 Å². The van der Waals surface area contributed by atoms with Crippen LogP contribution in [-0.4, -0.2) is 57.9 Å². The molecule has 28 heavy (non-hydrogen) atoms. The Balaban J connectivity index is 5.36. The van der Waals surface area contributed by atoms with Crippen molar-refractivity contribution in [3.05, 3.63) is 0 Å². The van der Waals surface area contributed by atoms with Crippen LogP contribution < -0.4 is 10.6 Å². The molecule has 2 atom stereocenters. The van der Waals surface area contributed by atoms with E-state index in [4.69, 9.17) is 10.2 Å². The fourth-order valence-corrected chi connectivity index (χ4v) is 2.11. The summed E-state index contributed by atoms with van der Waals surface area (Å²) in [7, 11) is 0. The molecule has 0 rings (SSSR count). The number of nitrogens with one attached hydrogen (secondary N) is 2. The third-order valence-corrected chi connectivity index (χ3v) is 3.86. The SMILES string of the molecule is CCCCC(NC(=O)C(F)(F)C(F)(F)C(=O)NC(CCCC)C(=O)O)C(=O)O. The van der Waals surface area contributed by atoms with Crippen molar-refractivity contribution in [1.29, 1.82) is 0 Å². The van der Waals surface area contributed by atoms with Crippen molar-refractivity contribution < 1.29 is 47.0 Å². The summed E-state index contributed by atoms with van der Waals surface area (Å²) in [6, 6.07) is -3.68. The number of hydrogen-bond acceptors (Lipinski definition) is 4. The van der Waals surface area contributed by atoms with Gasteiger partial charge in [0.2, 0.25) is 0 Å². The van der Waals surface area contributed by atoms with Gasteiger partial charge in [0.1, 0.15) is 12.1 Å². The lowest BCUT2D eigenvalue weighted by atomic mass is 10.1. The highest BCUT2D eigenvalue weighted by Crippen LogP contribution is 2.35. The Kier molecular flexibility index (Phi) is 9.88. The molecule has 2 amide bonds. The first-order valence-corrected chi connectivity index (χ1v) is 8.66. The minimum atomic E-state index is -5.59. The highest BCUT2D eigenvalue weighted by atomic mass is 19.3. The van der Waals surface area contributed by atoms with Crippen LogP contribution >= 0.6 is 0 Å². The second kappa shape index (κ2) is 10.8. The fourth-order valence-electron chi connectivity index (χ4n) is 2.11. The van der Waals surface area contributed by atoms with E-state index in [0.29, 0.717) is 12.8 Å². The van der Waals surface area contributed by atoms with E-state index >= 15 is 0 Å². The molecule has 4 N–H and O–H groups in total. The Labute approximate surface area is 158 Å². The van der Waals surface area contributed by atoms with Crippen molar-refractivity contribution in [2.24, 2.45) is 0 Å². The number of alkyl halides is 4. The van der Waals surface area contributed by atoms with E-state index in [1.807, 2.05) is 0 Å². The number of carboxylic acid groups (broad SMARTS) is 2. The molecule has 2 unspecified atom stereocenters. The highest BCUT2D eigenvalue weighted by molar-refractivity contribution is 5.97. The largest absolute Gasteiger partial charge is 0.480 e. The van der Waals surface area contributed by atoms with E-state index in [9.17, 15) is 36.7 Å². The van der Waals surface area contributed by atoms with Gasteiger partial charge in [-0.2, -0.15) is 17.6 Å². The van der Waals surface area contributed by atoms with Gasteiger partial charge in [-0.15, -0.1) is 0 Å². The maximum absolute atomic E-state index is 13.9. The summed E-state index contributed by atoms with van der Waals surface area (Å²) in [5.41, 5.74) is 0. The van der Waals surface area contributed by atoms with Crippen molar-refractivity contribution >= 4 is 23.8 Å². The van der Waals surface area contributed by atoms with Crippen molar-refractivity contribution in [3.8, 4) is 0 Å². The zero-order valence-electron chi connectivity index (χ0n) is 15.4. The van der Waals surface area contributed by atoms with Crippen molar-refractivity contribution in [2.75, 3.05) is 0 Å². The molecule has 0 radical (unpaired) electrons. The average molecular weight is 416 g/mol. The Morgan fingerprint density at radius 1 is 0.750 bits per heavy atom. The van der Waals surface area contributed by atoms with Crippen LogP contribution in [0.4, 0.5) is 17.6 Å². The predicted octanol–water partition coefficient (Wildman–Crippen LogP) is 1.78. The molecule has 12 heteroatoms. The van der Waals surface area contributed by atoms with Crippen LogP contribution in [0.5, 0.6) is 0 Å². The molecule has 0 aromatic rings. The Morgan fingerprint density at radius 2 is 1.04 bits per heavy atom. The minimum Gasteiger partial charge on any atom is -0.480 e. The third kappa shape index (κ3) is 6.64. The molecule has 0 saturated heterocycles. The van der Waals surface area contributed by atoms with Crippen LogP contribution in [0.3, 0.4) is 0 Å². The molecule has 0 heterocycles. The molecule has 0 aliphatic heterocycles. The summed E-state index contributed by atoms with van der Waals surface area (Å²) in [5.74, 6) is -19.9. The van der Waals surface area contributed by atoms with Gasteiger partial charge < -0.3 is 20.8 Å². The Bertz CT molecular complexity index is 535. The first kappa shape index (κ1) is 25.6. The van der Waals surface area contributed by atoms with Crippen molar-refractivity contribution in [2.45, 2.75) is 76.3 Å².